The fraction of sp³-hybridized carbons (Fsp3) is 0.400. The van der Waals surface area contributed by atoms with Crippen molar-refractivity contribution in [3.63, 3.8) is 0 Å². The summed E-state index contributed by atoms with van der Waals surface area (Å²) in [7, 11) is 3.35. The Morgan fingerprint density at radius 3 is 2.72 bits per heavy atom. The van der Waals surface area contributed by atoms with Gasteiger partial charge in [-0.25, -0.2) is 9.37 Å². The highest BCUT2D eigenvalue weighted by atomic mass is 19.1. The summed E-state index contributed by atoms with van der Waals surface area (Å²) >= 11 is 0. The largest absolute Gasteiger partial charge is 0.393 e. The molecule has 1 atom stereocenters. The lowest BCUT2D eigenvalue weighted by atomic mass is 10.00. The summed E-state index contributed by atoms with van der Waals surface area (Å²) in [5.41, 5.74) is 5.92. The number of aromatic nitrogens is 1. The molecule has 0 unspecified atom stereocenters. The zero-order chi connectivity index (χ0) is 21.7. The number of rotatable bonds is 7. The van der Waals surface area contributed by atoms with Crippen molar-refractivity contribution in [2.45, 2.75) is 25.8 Å². The van der Waals surface area contributed by atoms with Crippen LogP contribution in [0.5, 0.6) is 0 Å². The average molecular weight is 402 g/mol. The van der Waals surface area contributed by atoms with Gasteiger partial charge in [0.05, 0.1) is 11.3 Å². The van der Waals surface area contributed by atoms with Crippen molar-refractivity contribution in [1.29, 1.82) is 5.41 Å². The minimum absolute atomic E-state index is 0.0456. The molecule has 156 valence electrons. The van der Waals surface area contributed by atoms with E-state index < -0.39 is 11.7 Å². The number of pyridine rings is 1. The summed E-state index contributed by atoms with van der Waals surface area (Å²) in [6.45, 7) is 6.02. The average Bonchev–Trinajstić information content (AvgIpc) is 2.72. The van der Waals surface area contributed by atoms with E-state index in [0.717, 1.165) is 19.1 Å². The van der Waals surface area contributed by atoms with Gasteiger partial charge in [0.15, 0.2) is 11.6 Å². The molecular weight excluding hydrogens is 375 g/mol. The number of nitrogens with zero attached hydrogens (tertiary/aromatic N) is 3. The molecule has 0 saturated carbocycles. The summed E-state index contributed by atoms with van der Waals surface area (Å²) < 4.78 is 15.2. The number of hydrogen-bond donors (Lipinski definition) is 3. The first kappa shape index (κ1) is 22.1. The first-order chi connectivity index (χ1) is 13.8. The van der Waals surface area contributed by atoms with E-state index in [4.69, 9.17) is 11.1 Å². The number of amides is 2. The van der Waals surface area contributed by atoms with E-state index >= 15 is 4.39 Å². The van der Waals surface area contributed by atoms with Crippen molar-refractivity contribution in [2.75, 3.05) is 32.1 Å². The number of allylic oxidation sites excluding steroid dienone is 1. The molecule has 29 heavy (non-hydrogen) atoms. The maximum absolute atomic E-state index is 15.2. The van der Waals surface area contributed by atoms with Crippen molar-refractivity contribution < 1.29 is 14.0 Å². The first-order valence-electron chi connectivity index (χ1n) is 9.29. The molecule has 8 nitrogen and oxygen atoms in total. The topological polar surface area (TPSA) is 115 Å². The molecule has 1 aliphatic heterocycles. The van der Waals surface area contributed by atoms with Crippen molar-refractivity contribution in [3.8, 4) is 0 Å². The van der Waals surface area contributed by atoms with E-state index in [9.17, 15) is 9.59 Å². The number of carbonyl (C=O) groups excluding carboxylic acids is 2. The zero-order valence-electron chi connectivity index (χ0n) is 17.0. The third kappa shape index (κ3) is 4.44. The third-order valence-corrected chi connectivity index (χ3v) is 5.09. The summed E-state index contributed by atoms with van der Waals surface area (Å²) in [4.78, 5) is 31.7. The lowest BCUT2D eigenvalue weighted by Crippen LogP contribution is -2.48. The molecule has 4 N–H and O–H groups in total. The second-order valence-electron chi connectivity index (χ2n) is 6.89. The van der Waals surface area contributed by atoms with Crippen LogP contribution < -0.4 is 16.0 Å². The Hall–Kier alpha value is -3.23. The van der Waals surface area contributed by atoms with E-state index in [1.165, 1.54) is 19.2 Å². The Labute approximate surface area is 169 Å². The molecule has 2 amide bonds. The second-order valence-corrected chi connectivity index (χ2v) is 6.89. The predicted octanol–water partition coefficient (Wildman–Crippen LogP) is 1.45. The SMILES string of the molecule is C=CC(=O)N1CCC[C@@H](N(C)c2nc(/C(C=N)=C/NC)c(C(N)=O)c(C)c2F)C1. The van der Waals surface area contributed by atoms with Crippen molar-refractivity contribution in [1.82, 2.24) is 15.2 Å². The van der Waals surface area contributed by atoms with Crippen LogP contribution in [-0.2, 0) is 4.79 Å². The molecule has 2 heterocycles. The number of halogens is 1. The molecule has 1 saturated heterocycles. The van der Waals surface area contributed by atoms with Crippen LogP contribution in [-0.4, -0.2) is 61.1 Å². The summed E-state index contributed by atoms with van der Waals surface area (Å²) in [5, 5.41) is 10.4. The van der Waals surface area contributed by atoms with E-state index in [-0.39, 0.29) is 34.6 Å². The van der Waals surface area contributed by atoms with Crippen LogP contribution in [0.4, 0.5) is 10.2 Å². The summed E-state index contributed by atoms with van der Waals surface area (Å²) in [6.07, 6.45) is 5.32. The number of likely N-dealkylation sites (N-methyl/N-ethyl adjacent to an activating group) is 1. The minimum Gasteiger partial charge on any atom is -0.393 e. The van der Waals surface area contributed by atoms with Crippen LogP contribution in [0.25, 0.3) is 5.57 Å². The van der Waals surface area contributed by atoms with Crippen LogP contribution in [0, 0.1) is 18.2 Å². The monoisotopic (exact) mass is 402 g/mol. The molecule has 1 aromatic heterocycles. The molecule has 1 fully saturated rings. The zero-order valence-corrected chi connectivity index (χ0v) is 17.0. The lowest BCUT2D eigenvalue weighted by Gasteiger charge is -2.38. The van der Waals surface area contributed by atoms with Gasteiger partial charge in [-0.05, 0) is 25.8 Å². The number of nitrogens with two attached hydrogens (primary N) is 1. The lowest BCUT2D eigenvalue weighted by molar-refractivity contribution is -0.127. The molecule has 0 bridgehead atoms. The van der Waals surface area contributed by atoms with Crippen LogP contribution >= 0.6 is 0 Å². The fourth-order valence-corrected chi connectivity index (χ4v) is 3.52. The highest BCUT2D eigenvalue weighted by Gasteiger charge is 2.30. The number of piperidine rings is 1. The van der Waals surface area contributed by atoms with Crippen molar-refractivity contribution in [3.05, 3.63) is 41.5 Å². The van der Waals surface area contributed by atoms with Gasteiger partial charge >= 0.3 is 0 Å². The van der Waals surface area contributed by atoms with Gasteiger partial charge in [0.25, 0.3) is 5.91 Å². The van der Waals surface area contributed by atoms with E-state index in [1.807, 2.05) is 0 Å². The van der Waals surface area contributed by atoms with Gasteiger partial charge in [-0.2, -0.15) is 0 Å². The standard InChI is InChI=1S/C20H27FN6O2/c1-5-15(28)27-8-6-7-14(11-27)26(4)20-17(21)12(2)16(19(23)29)18(25-20)13(9-22)10-24-3/h5,9-10,14,22,24H,1,6-8,11H2,2-4H3,(H2,23,29)/b13-10+,22-9?/t14-/m1/s1. The van der Waals surface area contributed by atoms with Crippen molar-refractivity contribution >= 4 is 29.4 Å². The second kappa shape index (κ2) is 9.31. The molecule has 0 spiro atoms. The first-order valence-corrected chi connectivity index (χ1v) is 9.29. The molecule has 0 aromatic carbocycles. The summed E-state index contributed by atoms with van der Waals surface area (Å²) in [6, 6.07) is -0.155. The van der Waals surface area contributed by atoms with E-state index in [0.29, 0.717) is 18.7 Å². The molecule has 0 radical (unpaired) electrons. The molecule has 0 aliphatic carbocycles. The van der Waals surface area contributed by atoms with Crippen molar-refractivity contribution in [2.24, 2.45) is 5.73 Å². The van der Waals surface area contributed by atoms with E-state index in [2.05, 4.69) is 16.9 Å². The Kier molecular flexibility index (Phi) is 7.08. The maximum atomic E-state index is 15.2. The number of anilines is 1. The molecule has 1 aromatic rings. The van der Waals surface area contributed by atoms with Crippen LogP contribution in [0.2, 0.25) is 0 Å². The highest BCUT2D eigenvalue weighted by molar-refractivity contribution is 6.12. The van der Waals surface area contributed by atoms with Crippen LogP contribution in [0.15, 0.2) is 18.9 Å². The Bertz CT molecular complexity index is 867. The number of primary amides is 1. The van der Waals surface area contributed by atoms with E-state index in [1.54, 1.807) is 23.9 Å². The van der Waals surface area contributed by atoms with Gasteiger partial charge in [-0.3, -0.25) is 9.59 Å². The van der Waals surface area contributed by atoms with Gasteiger partial charge < -0.3 is 26.3 Å². The maximum Gasteiger partial charge on any atom is 0.251 e. The van der Waals surface area contributed by atoms with Crippen LogP contribution in [0.3, 0.4) is 0 Å². The highest BCUT2D eigenvalue weighted by Crippen LogP contribution is 2.30. The summed E-state index contributed by atoms with van der Waals surface area (Å²) in [5.74, 6) is -1.59. The normalized spacial score (nSPS) is 16.9. The third-order valence-electron chi connectivity index (χ3n) is 5.09. The Balaban J connectivity index is 2.54. The Morgan fingerprint density at radius 2 is 2.17 bits per heavy atom. The smallest absolute Gasteiger partial charge is 0.251 e. The van der Waals surface area contributed by atoms with Gasteiger partial charge in [0, 0.05) is 56.8 Å². The Morgan fingerprint density at radius 1 is 1.48 bits per heavy atom. The van der Waals surface area contributed by atoms with Gasteiger partial charge in [-0.1, -0.05) is 6.58 Å². The number of carbonyl (C=O) groups is 2. The van der Waals surface area contributed by atoms with Gasteiger partial charge in [0.2, 0.25) is 5.91 Å². The molecule has 1 aliphatic rings. The molecule has 2 rings (SSSR count). The quantitative estimate of drug-likeness (QED) is 0.472. The number of likely N-dealkylation sites (tertiary alicyclic amines) is 1. The number of hydrogen-bond acceptors (Lipinski definition) is 6. The molecular formula is C20H27FN6O2. The predicted molar refractivity (Wildman–Crippen MR) is 111 cm³/mol. The van der Waals surface area contributed by atoms with Crippen LogP contribution in [0.1, 0.15) is 34.5 Å². The minimum atomic E-state index is -0.817. The van der Waals surface area contributed by atoms with Gasteiger partial charge in [-0.15, -0.1) is 0 Å². The fourth-order valence-electron chi connectivity index (χ4n) is 3.52. The molecule has 9 heteroatoms. The number of nitrogens with one attached hydrogen (secondary N) is 2. The van der Waals surface area contributed by atoms with Gasteiger partial charge in [0.1, 0.15) is 0 Å².